The van der Waals surface area contributed by atoms with Gasteiger partial charge in [-0.05, 0) is 42.5 Å². The Morgan fingerprint density at radius 3 is 2.30 bits per heavy atom. The van der Waals surface area contributed by atoms with Crippen molar-refractivity contribution in [1.29, 1.82) is 0 Å². The number of amides is 1. The first-order valence-corrected chi connectivity index (χ1v) is 9.49. The van der Waals surface area contributed by atoms with E-state index in [-0.39, 0.29) is 17.3 Å². The van der Waals surface area contributed by atoms with Crippen molar-refractivity contribution in [2.45, 2.75) is 43.4 Å². The Labute approximate surface area is 159 Å². The number of nitrogens with two attached hydrogens (primary N) is 1. The van der Waals surface area contributed by atoms with E-state index in [1.54, 1.807) is 18.2 Å². The molecule has 1 aliphatic carbocycles. The van der Waals surface area contributed by atoms with Gasteiger partial charge in [-0.1, -0.05) is 42.5 Å². The maximum atomic E-state index is 12.9. The normalized spacial score (nSPS) is 28.3. The van der Waals surface area contributed by atoms with Gasteiger partial charge in [0.2, 0.25) is 0 Å². The van der Waals surface area contributed by atoms with Gasteiger partial charge in [0.15, 0.2) is 0 Å². The lowest BCUT2D eigenvalue weighted by molar-refractivity contribution is -0.155. The summed E-state index contributed by atoms with van der Waals surface area (Å²) in [7, 11) is 0. The van der Waals surface area contributed by atoms with Crippen LogP contribution in [0.3, 0.4) is 0 Å². The van der Waals surface area contributed by atoms with Crippen LogP contribution >= 0.6 is 0 Å². The van der Waals surface area contributed by atoms with E-state index in [2.05, 4.69) is 18.2 Å². The number of hydrogen-bond acceptors (Lipinski definition) is 3. The predicted molar refractivity (Wildman–Crippen MR) is 101 cm³/mol. The van der Waals surface area contributed by atoms with Gasteiger partial charge in [-0.15, -0.1) is 0 Å². The molecule has 0 radical (unpaired) electrons. The molecule has 4 nitrogen and oxygen atoms in total. The molecule has 5 heteroatoms. The summed E-state index contributed by atoms with van der Waals surface area (Å²) in [6.45, 7) is 2.03. The van der Waals surface area contributed by atoms with Gasteiger partial charge in [0.05, 0.1) is 6.61 Å². The summed E-state index contributed by atoms with van der Waals surface area (Å²) in [5.74, 6) is -0.0284. The van der Waals surface area contributed by atoms with Crippen molar-refractivity contribution < 1.29 is 13.9 Å². The van der Waals surface area contributed by atoms with Gasteiger partial charge in [-0.3, -0.25) is 4.79 Å². The molecule has 2 aromatic carbocycles. The first kappa shape index (κ1) is 18.1. The largest absolute Gasteiger partial charge is 0.363 e. The van der Waals surface area contributed by atoms with Crippen LogP contribution in [0.2, 0.25) is 0 Å². The second-order valence-electron chi connectivity index (χ2n) is 7.86. The molecule has 2 aliphatic heterocycles. The fourth-order valence-corrected chi connectivity index (χ4v) is 4.34. The summed E-state index contributed by atoms with van der Waals surface area (Å²) in [4.78, 5) is 14.8. The molecule has 3 aliphatic rings. The van der Waals surface area contributed by atoms with E-state index in [0.717, 1.165) is 25.8 Å². The Morgan fingerprint density at radius 1 is 1.04 bits per heavy atom. The smallest absolute Gasteiger partial charge is 0.255 e. The van der Waals surface area contributed by atoms with Crippen molar-refractivity contribution in [2.24, 2.45) is 5.73 Å². The molecular weight excluding hydrogens is 343 g/mol. The first-order chi connectivity index (χ1) is 13.0. The Morgan fingerprint density at radius 2 is 1.74 bits per heavy atom. The molecule has 2 atom stereocenters. The summed E-state index contributed by atoms with van der Waals surface area (Å²) in [5.41, 5.74) is 7.97. The number of carbonyl (C=O) groups excluding carboxylic acids is 1. The number of carbonyl (C=O) groups is 1. The van der Waals surface area contributed by atoms with Crippen molar-refractivity contribution in [2.75, 3.05) is 13.2 Å². The number of benzene rings is 2. The van der Waals surface area contributed by atoms with Gasteiger partial charge in [0, 0.05) is 25.0 Å². The second-order valence-corrected chi connectivity index (χ2v) is 7.86. The number of halogens is 1. The summed E-state index contributed by atoms with van der Waals surface area (Å²) >= 11 is 0. The van der Waals surface area contributed by atoms with Gasteiger partial charge in [-0.25, -0.2) is 4.39 Å². The Hall–Kier alpha value is -2.24. The van der Waals surface area contributed by atoms with Crippen LogP contribution in [0.15, 0.2) is 54.6 Å². The predicted octanol–water partition coefficient (Wildman–Crippen LogP) is 3.05. The third-order valence-corrected chi connectivity index (χ3v) is 5.84. The van der Waals surface area contributed by atoms with Crippen LogP contribution < -0.4 is 5.73 Å². The molecule has 1 saturated carbocycles. The van der Waals surface area contributed by atoms with Crippen LogP contribution in [-0.2, 0) is 22.5 Å². The molecule has 5 rings (SSSR count). The molecule has 1 amide bonds. The van der Waals surface area contributed by atoms with Gasteiger partial charge in [0.25, 0.3) is 5.91 Å². The SMILES string of the molecule is Fc1ccccc1.NC12CCC(C(=O)N3CCc4ccccc4C3)(C1)OC2. The van der Waals surface area contributed by atoms with E-state index in [0.29, 0.717) is 19.6 Å². The van der Waals surface area contributed by atoms with Gasteiger partial charge < -0.3 is 15.4 Å². The van der Waals surface area contributed by atoms with E-state index in [1.165, 1.54) is 23.3 Å². The van der Waals surface area contributed by atoms with E-state index in [9.17, 15) is 9.18 Å². The maximum Gasteiger partial charge on any atom is 0.255 e. The molecule has 0 spiro atoms. The minimum atomic E-state index is -0.624. The standard InChI is InChI=1S/C16H20N2O2.C6H5F/c17-15-6-7-16(10-15,20-11-15)14(19)18-8-5-12-3-1-2-4-13(12)9-18;7-6-4-2-1-3-5-6/h1-4H,5-11,17H2;1-5H. The molecule has 2 N–H and O–H groups in total. The van der Waals surface area contributed by atoms with Crippen molar-refractivity contribution in [3.63, 3.8) is 0 Å². The van der Waals surface area contributed by atoms with Crippen molar-refractivity contribution in [1.82, 2.24) is 4.90 Å². The summed E-state index contributed by atoms with van der Waals surface area (Å²) in [6.07, 6.45) is 3.31. The quantitative estimate of drug-likeness (QED) is 0.842. The molecule has 142 valence electrons. The van der Waals surface area contributed by atoms with E-state index in [4.69, 9.17) is 10.5 Å². The number of rotatable bonds is 1. The van der Waals surface area contributed by atoms with E-state index in [1.807, 2.05) is 11.0 Å². The molecule has 2 heterocycles. The molecule has 0 aromatic heterocycles. The highest BCUT2D eigenvalue weighted by atomic mass is 19.1. The van der Waals surface area contributed by atoms with Crippen molar-refractivity contribution in [3.05, 3.63) is 71.5 Å². The number of fused-ring (bicyclic) bond motifs is 3. The van der Waals surface area contributed by atoms with Crippen molar-refractivity contribution in [3.8, 4) is 0 Å². The monoisotopic (exact) mass is 368 g/mol. The average Bonchev–Trinajstić information content (AvgIpc) is 3.23. The maximum absolute atomic E-state index is 12.9. The van der Waals surface area contributed by atoms with Crippen LogP contribution in [0.25, 0.3) is 0 Å². The van der Waals surface area contributed by atoms with Crippen LogP contribution in [0.5, 0.6) is 0 Å². The Balaban J connectivity index is 0.000000218. The number of nitrogens with zero attached hydrogens (tertiary/aromatic N) is 1. The third-order valence-electron chi connectivity index (χ3n) is 5.84. The Kier molecular flexibility index (Phi) is 4.74. The topological polar surface area (TPSA) is 55.6 Å². The lowest BCUT2D eigenvalue weighted by atomic mass is 9.95. The van der Waals surface area contributed by atoms with E-state index >= 15 is 0 Å². The number of ether oxygens (including phenoxy) is 1. The van der Waals surface area contributed by atoms with Crippen LogP contribution in [0, 0.1) is 5.82 Å². The molecular formula is C22H25FN2O2. The molecule has 2 fully saturated rings. The average molecular weight is 368 g/mol. The first-order valence-electron chi connectivity index (χ1n) is 9.49. The van der Waals surface area contributed by atoms with Gasteiger partial charge >= 0.3 is 0 Å². The zero-order valence-electron chi connectivity index (χ0n) is 15.4. The molecule has 27 heavy (non-hydrogen) atoms. The Bertz CT molecular complexity index is 816. The summed E-state index contributed by atoms with van der Waals surface area (Å²) < 4.78 is 17.7. The highest BCUT2D eigenvalue weighted by molar-refractivity contribution is 5.86. The highest BCUT2D eigenvalue weighted by Crippen LogP contribution is 2.47. The molecule has 1 saturated heterocycles. The zero-order valence-corrected chi connectivity index (χ0v) is 15.4. The number of hydrogen-bond donors (Lipinski definition) is 1. The van der Waals surface area contributed by atoms with Crippen molar-refractivity contribution >= 4 is 5.91 Å². The van der Waals surface area contributed by atoms with Crippen LogP contribution in [0.4, 0.5) is 4.39 Å². The van der Waals surface area contributed by atoms with Crippen LogP contribution in [-0.4, -0.2) is 35.1 Å². The van der Waals surface area contributed by atoms with E-state index < -0.39 is 5.60 Å². The van der Waals surface area contributed by atoms with Crippen LogP contribution in [0.1, 0.15) is 30.4 Å². The molecule has 2 aromatic rings. The minimum Gasteiger partial charge on any atom is -0.363 e. The minimum absolute atomic E-state index is 0.150. The molecule has 2 unspecified atom stereocenters. The second kappa shape index (κ2) is 7.06. The lowest BCUT2D eigenvalue weighted by Crippen LogP contribution is -2.49. The highest BCUT2D eigenvalue weighted by Gasteiger charge is 2.59. The zero-order chi connectivity index (χ0) is 18.9. The lowest BCUT2D eigenvalue weighted by Gasteiger charge is -2.35. The third kappa shape index (κ3) is 3.62. The molecule has 2 bridgehead atoms. The fourth-order valence-electron chi connectivity index (χ4n) is 4.34. The van der Waals surface area contributed by atoms with Gasteiger partial charge in [-0.2, -0.15) is 0 Å². The summed E-state index contributed by atoms with van der Waals surface area (Å²) in [6, 6.07) is 16.3. The fraction of sp³-hybridized carbons (Fsp3) is 0.409. The van der Waals surface area contributed by atoms with Gasteiger partial charge in [0.1, 0.15) is 11.4 Å². The summed E-state index contributed by atoms with van der Waals surface area (Å²) in [5, 5.41) is 0.